The van der Waals surface area contributed by atoms with Crippen LogP contribution in [0.25, 0.3) is 0 Å². The van der Waals surface area contributed by atoms with E-state index in [1.54, 1.807) is 19.2 Å². The fraction of sp³-hybridized carbons (Fsp3) is 0.259. The van der Waals surface area contributed by atoms with Crippen LogP contribution in [0.2, 0.25) is 5.02 Å². The smallest absolute Gasteiger partial charge is 0.418 e. The number of nitrogens with one attached hydrogen (secondary N) is 1. The van der Waals surface area contributed by atoms with Gasteiger partial charge in [0.15, 0.2) is 11.5 Å². The van der Waals surface area contributed by atoms with Crippen LogP contribution in [-0.2, 0) is 12.8 Å². The highest BCUT2D eigenvalue weighted by molar-refractivity contribution is 9.10. The second-order valence-corrected chi connectivity index (χ2v) is 9.92. The fourth-order valence-corrected chi connectivity index (χ4v) is 5.78. The zero-order valence-corrected chi connectivity index (χ0v) is 21.0. The maximum Gasteiger partial charge on any atom is 0.418 e. The third-order valence-electron chi connectivity index (χ3n) is 6.64. The maximum atomic E-state index is 13.8. The van der Waals surface area contributed by atoms with Gasteiger partial charge in [-0.2, -0.15) is 13.2 Å². The van der Waals surface area contributed by atoms with Gasteiger partial charge in [-0.15, -0.1) is 0 Å². The van der Waals surface area contributed by atoms with E-state index in [1.165, 1.54) is 6.07 Å². The van der Waals surface area contributed by atoms with Crippen molar-refractivity contribution < 1.29 is 22.6 Å². The molecule has 0 fully saturated rings. The summed E-state index contributed by atoms with van der Waals surface area (Å²) in [5, 5.41) is 3.83. The number of alkyl halides is 3. The summed E-state index contributed by atoms with van der Waals surface area (Å²) in [5.41, 5.74) is 1.83. The van der Waals surface area contributed by atoms with Crippen LogP contribution in [0.4, 0.5) is 18.9 Å². The number of fused-ring (bicyclic) bond motifs is 3. The largest absolute Gasteiger partial charge is 0.493 e. The lowest BCUT2D eigenvalue weighted by atomic mass is 9.76. The van der Waals surface area contributed by atoms with Crippen LogP contribution in [-0.4, -0.2) is 7.11 Å². The van der Waals surface area contributed by atoms with Gasteiger partial charge in [-0.05, 0) is 63.7 Å². The highest BCUT2D eigenvalue weighted by Crippen LogP contribution is 2.53. The third kappa shape index (κ3) is 4.52. The van der Waals surface area contributed by atoms with Crippen LogP contribution in [0.15, 0.2) is 71.2 Å². The molecule has 182 valence electrons. The predicted molar refractivity (Wildman–Crippen MR) is 134 cm³/mol. The molecule has 8 heteroatoms. The summed E-state index contributed by atoms with van der Waals surface area (Å²) in [5.74, 6) is 0.974. The van der Waals surface area contributed by atoms with Gasteiger partial charge in [0.25, 0.3) is 0 Å². The highest BCUT2D eigenvalue weighted by Gasteiger charge is 2.43. The quantitative estimate of drug-likeness (QED) is 0.315. The summed E-state index contributed by atoms with van der Waals surface area (Å²) in [6.45, 7) is 0.243. The molecule has 0 saturated heterocycles. The zero-order valence-electron chi connectivity index (χ0n) is 18.7. The van der Waals surface area contributed by atoms with E-state index >= 15 is 0 Å². The molecule has 3 nitrogen and oxygen atoms in total. The van der Waals surface area contributed by atoms with Crippen LogP contribution >= 0.6 is 27.5 Å². The van der Waals surface area contributed by atoms with E-state index in [1.807, 2.05) is 42.5 Å². The molecular formula is C27H22BrClF3NO2. The predicted octanol–water partition coefficient (Wildman–Crippen LogP) is 8.54. The molecule has 0 aromatic heterocycles. The van der Waals surface area contributed by atoms with Gasteiger partial charge < -0.3 is 14.8 Å². The molecule has 3 aromatic rings. The number of anilines is 1. The summed E-state index contributed by atoms with van der Waals surface area (Å²) in [6.07, 6.45) is 0.382. The molecule has 2 aliphatic rings. The van der Waals surface area contributed by atoms with Gasteiger partial charge >= 0.3 is 6.18 Å². The van der Waals surface area contributed by atoms with Gasteiger partial charge in [-0.3, -0.25) is 0 Å². The van der Waals surface area contributed by atoms with Crippen LogP contribution in [0.1, 0.15) is 40.6 Å². The number of benzene rings is 3. The van der Waals surface area contributed by atoms with Gasteiger partial charge in [0.1, 0.15) is 6.61 Å². The Morgan fingerprint density at radius 1 is 1.11 bits per heavy atom. The first-order valence-corrected chi connectivity index (χ1v) is 12.3. The first kappa shape index (κ1) is 24.1. The van der Waals surface area contributed by atoms with Crippen LogP contribution in [0.3, 0.4) is 0 Å². The second kappa shape index (κ2) is 9.43. The van der Waals surface area contributed by atoms with Gasteiger partial charge in [0.2, 0.25) is 0 Å². The normalized spacial score (nSPS) is 20.7. The lowest BCUT2D eigenvalue weighted by Gasteiger charge is -2.39. The molecule has 1 aliphatic carbocycles. The summed E-state index contributed by atoms with van der Waals surface area (Å²) in [7, 11) is 1.54. The molecule has 0 bridgehead atoms. The van der Waals surface area contributed by atoms with Crippen molar-refractivity contribution in [2.75, 3.05) is 12.4 Å². The van der Waals surface area contributed by atoms with Crippen LogP contribution < -0.4 is 14.8 Å². The average Bonchev–Trinajstić information content (AvgIpc) is 3.32. The number of allylic oxidation sites excluding steroid dienone is 2. The molecule has 1 N–H and O–H groups in total. The molecule has 0 amide bonds. The van der Waals surface area contributed by atoms with E-state index in [0.29, 0.717) is 26.6 Å². The Hall–Kier alpha value is -2.64. The molecular weight excluding hydrogens is 543 g/mol. The molecule has 0 spiro atoms. The highest BCUT2D eigenvalue weighted by atomic mass is 79.9. The lowest BCUT2D eigenvalue weighted by molar-refractivity contribution is -0.137. The van der Waals surface area contributed by atoms with E-state index in [9.17, 15) is 13.2 Å². The standard InChI is InChI=1S/C27H22BrClF3NO2/c1-34-23-13-16(12-21(28)26(23)35-14-15-6-2-3-11-22(15)29)24-18-8-4-7-17(18)19-9-5-10-20(25(19)33-24)27(30,31)32/h2-7,9-13,17-18,24,33H,8,14H2,1H3/t17-,18+,24+/m1/s1. The Balaban J connectivity index is 1.51. The van der Waals surface area contributed by atoms with Gasteiger partial charge in [0, 0.05) is 16.5 Å². The Morgan fingerprint density at radius 3 is 2.66 bits per heavy atom. The van der Waals surface area contributed by atoms with Crippen molar-refractivity contribution in [1.82, 2.24) is 0 Å². The summed E-state index contributed by atoms with van der Waals surface area (Å²) >= 11 is 9.84. The molecule has 0 unspecified atom stereocenters. The van der Waals surface area contributed by atoms with Crippen molar-refractivity contribution in [3.8, 4) is 11.5 Å². The fourth-order valence-electron chi connectivity index (χ4n) is 5.01. The number of rotatable bonds is 5. The van der Waals surface area contributed by atoms with Crippen LogP contribution in [0.5, 0.6) is 11.5 Å². The topological polar surface area (TPSA) is 30.5 Å². The molecule has 3 atom stereocenters. The Bertz CT molecular complexity index is 1290. The van der Waals surface area contributed by atoms with Gasteiger partial charge in [-0.25, -0.2) is 0 Å². The molecule has 1 aliphatic heterocycles. The SMILES string of the molecule is COc1cc([C@@H]2Nc3c(cccc3C(F)(F)F)[C@@H]3C=CC[C@@H]32)cc(Br)c1OCc1ccccc1Cl. The summed E-state index contributed by atoms with van der Waals surface area (Å²) in [4.78, 5) is 0. The van der Waals surface area contributed by atoms with E-state index in [0.717, 1.165) is 23.6 Å². The third-order valence-corrected chi connectivity index (χ3v) is 7.60. The first-order chi connectivity index (χ1) is 16.8. The van der Waals surface area contributed by atoms with Gasteiger partial charge in [-0.1, -0.05) is 54.1 Å². The summed E-state index contributed by atoms with van der Waals surface area (Å²) in [6, 6.07) is 15.2. The number of hydrogen-bond acceptors (Lipinski definition) is 3. The molecule has 0 radical (unpaired) electrons. The lowest BCUT2D eigenvalue weighted by Crippen LogP contribution is -2.30. The average molecular weight is 565 g/mol. The number of ether oxygens (including phenoxy) is 2. The van der Waals surface area contributed by atoms with E-state index in [-0.39, 0.29) is 30.2 Å². The van der Waals surface area contributed by atoms with E-state index in [4.69, 9.17) is 21.1 Å². The van der Waals surface area contributed by atoms with Crippen molar-refractivity contribution >= 4 is 33.2 Å². The molecule has 0 saturated carbocycles. The Kier molecular flexibility index (Phi) is 6.49. The molecule has 5 rings (SSSR count). The van der Waals surface area contributed by atoms with Crippen molar-refractivity contribution in [3.63, 3.8) is 0 Å². The van der Waals surface area contributed by atoms with Crippen molar-refractivity contribution in [1.29, 1.82) is 0 Å². The van der Waals surface area contributed by atoms with Crippen molar-refractivity contribution in [2.24, 2.45) is 5.92 Å². The molecule has 1 heterocycles. The number of halogens is 5. The molecule has 35 heavy (non-hydrogen) atoms. The van der Waals surface area contributed by atoms with Gasteiger partial charge in [0.05, 0.1) is 28.9 Å². The first-order valence-electron chi connectivity index (χ1n) is 11.1. The Labute approximate surface area is 215 Å². The minimum atomic E-state index is -4.45. The minimum absolute atomic E-state index is 0.0810. The number of methoxy groups -OCH3 is 1. The van der Waals surface area contributed by atoms with E-state index < -0.39 is 11.7 Å². The summed E-state index contributed by atoms with van der Waals surface area (Å²) < 4.78 is 53.8. The number of hydrogen-bond donors (Lipinski definition) is 1. The minimum Gasteiger partial charge on any atom is -0.493 e. The second-order valence-electron chi connectivity index (χ2n) is 8.66. The van der Waals surface area contributed by atoms with Crippen molar-refractivity contribution in [3.05, 3.63) is 98.5 Å². The van der Waals surface area contributed by atoms with E-state index in [2.05, 4.69) is 21.2 Å². The Morgan fingerprint density at radius 2 is 1.91 bits per heavy atom. The monoisotopic (exact) mass is 563 g/mol. The zero-order chi connectivity index (χ0) is 24.7. The van der Waals surface area contributed by atoms with Crippen LogP contribution in [0, 0.1) is 5.92 Å². The maximum absolute atomic E-state index is 13.8. The number of para-hydroxylation sites is 1. The molecule has 3 aromatic carbocycles. The van der Waals surface area contributed by atoms with Crippen molar-refractivity contribution in [2.45, 2.75) is 31.2 Å².